The Bertz CT molecular complexity index is 1340. The third kappa shape index (κ3) is 5.61. The number of imidazole rings is 1. The number of nitrogens with zero attached hydrogens (tertiary/aromatic N) is 4. The van der Waals surface area contributed by atoms with E-state index in [0.717, 1.165) is 19.5 Å². The zero-order valence-electron chi connectivity index (χ0n) is 19.5. The summed E-state index contributed by atoms with van der Waals surface area (Å²) in [5.74, 6) is 4.50. The molecule has 184 valence electrons. The Kier molecular flexibility index (Phi) is 8.43. The molecule has 3 aromatic rings. The van der Waals surface area contributed by atoms with Crippen molar-refractivity contribution in [2.24, 2.45) is 12.8 Å². The van der Waals surface area contributed by atoms with Crippen molar-refractivity contribution >= 4 is 52.0 Å². The molecule has 35 heavy (non-hydrogen) atoms. The summed E-state index contributed by atoms with van der Waals surface area (Å²) in [6.45, 7) is 5.25. The van der Waals surface area contributed by atoms with Crippen LogP contribution in [0.3, 0.4) is 0 Å². The maximum Gasteiger partial charge on any atom is 0.255 e. The van der Waals surface area contributed by atoms with Gasteiger partial charge in [0.2, 0.25) is 5.91 Å². The third-order valence-electron chi connectivity index (χ3n) is 5.42. The Balaban J connectivity index is 0.000000261. The van der Waals surface area contributed by atoms with Gasteiger partial charge in [0, 0.05) is 38.0 Å². The number of H-pyrrole nitrogens is 1. The minimum atomic E-state index is -0.685. The molecule has 1 saturated heterocycles. The predicted molar refractivity (Wildman–Crippen MR) is 137 cm³/mol. The van der Waals surface area contributed by atoms with Gasteiger partial charge in [-0.1, -0.05) is 24.1 Å². The number of primary amides is 1. The summed E-state index contributed by atoms with van der Waals surface area (Å²) < 4.78 is 15.9. The Hall–Kier alpha value is -3.49. The van der Waals surface area contributed by atoms with E-state index in [-0.39, 0.29) is 33.6 Å². The summed E-state index contributed by atoms with van der Waals surface area (Å²) in [5, 5.41) is 9.76. The standard InChI is InChI=1S/C15H12ClFN6O.C8H13NOS/c1-19-15-10(14(18)24)8(21-22-15)4-3-7-5-9-13(12(17)11(7)16)23(2)6-20-9;1-3-8(10)9-5-4-7(6-9)11-2/h5-6H,1-2H3,(H2,18,24)(H2,19,21,22);3,7H,1,4-6H2,2H3. The van der Waals surface area contributed by atoms with Crippen molar-refractivity contribution in [1.29, 1.82) is 0 Å². The van der Waals surface area contributed by atoms with Gasteiger partial charge in [0.05, 0.1) is 16.9 Å². The molecule has 4 rings (SSSR count). The molecule has 1 aromatic carbocycles. The van der Waals surface area contributed by atoms with Crippen LogP contribution in [0, 0.1) is 17.7 Å². The van der Waals surface area contributed by atoms with Gasteiger partial charge in [-0.15, -0.1) is 0 Å². The number of hydrogen-bond donors (Lipinski definition) is 3. The molecule has 0 spiro atoms. The van der Waals surface area contributed by atoms with Gasteiger partial charge in [0.1, 0.15) is 16.8 Å². The molecule has 0 radical (unpaired) electrons. The van der Waals surface area contributed by atoms with E-state index in [1.807, 2.05) is 16.7 Å². The van der Waals surface area contributed by atoms with Crippen LogP contribution < -0.4 is 11.1 Å². The fourth-order valence-corrected chi connectivity index (χ4v) is 4.43. The SMILES string of the molecule is C=CC(=O)N1CCC(SC)C1.CNc1n[nH]c(C#Cc2cc3ncn(C)c3c(F)c2Cl)c1C(N)=O. The molecule has 2 amide bonds. The Morgan fingerprint density at radius 1 is 1.46 bits per heavy atom. The van der Waals surface area contributed by atoms with Crippen molar-refractivity contribution in [3.05, 3.63) is 52.7 Å². The molecule has 1 atom stereocenters. The van der Waals surface area contributed by atoms with Crippen LogP contribution >= 0.6 is 23.4 Å². The number of rotatable bonds is 4. The van der Waals surface area contributed by atoms with Crippen LogP contribution in [0.1, 0.15) is 28.0 Å². The van der Waals surface area contributed by atoms with Crippen LogP contribution in [0.4, 0.5) is 10.2 Å². The smallest absolute Gasteiger partial charge is 0.255 e. The van der Waals surface area contributed by atoms with Gasteiger partial charge >= 0.3 is 0 Å². The number of nitrogens with two attached hydrogens (primary N) is 1. The Morgan fingerprint density at radius 2 is 2.20 bits per heavy atom. The normalized spacial score (nSPS) is 14.7. The fourth-order valence-electron chi connectivity index (χ4n) is 3.57. The molecule has 2 aromatic heterocycles. The van der Waals surface area contributed by atoms with Crippen molar-refractivity contribution in [3.8, 4) is 11.8 Å². The molecule has 3 heterocycles. The fraction of sp³-hybridized carbons (Fsp3) is 0.304. The van der Waals surface area contributed by atoms with E-state index in [1.54, 1.807) is 20.2 Å². The molecule has 12 heteroatoms. The monoisotopic (exact) mass is 517 g/mol. The summed E-state index contributed by atoms with van der Waals surface area (Å²) in [6, 6.07) is 1.58. The van der Waals surface area contributed by atoms with E-state index < -0.39 is 11.7 Å². The lowest BCUT2D eigenvalue weighted by molar-refractivity contribution is -0.124. The second-order valence-corrected chi connectivity index (χ2v) is 9.11. The number of aromatic amines is 1. The number of fused-ring (bicyclic) bond motifs is 1. The minimum absolute atomic E-state index is 0.0709. The van der Waals surface area contributed by atoms with Crippen molar-refractivity contribution in [2.45, 2.75) is 11.7 Å². The minimum Gasteiger partial charge on any atom is -0.371 e. The highest BCUT2D eigenvalue weighted by Crippen LogP contribution is 2.27. The van der Waals surface area contributed by atoms with Gasteiger partial charge in [0.15, 0.2) is 11.6 Å². The van der Waals surface area contributed by atoms with Crippen molar-refractivity contribution in [1.82, 2.24) is 24.6 Å². The molecule has 1 aliphatic heterocycles. The topological polar surface area (TPSA) is 122 Å². The number of anilines is 1. The largest absolute Gasteiger partial charge is 0.371 e. The van der Waals surface area contributed by atoms with Gasteiger partial charge < -0.3 is 20.5 Å². The molecule has 1 aliphatic rings. The zero-order chi connectivity index (χ0) is 25.7. The number of nitrogens with one attached hydrogen (secondary N) is 2. The first-order valence-electron chi connectivity index (χ1n) is 10.5. The first-order chi connectivity index (χ1) is 16.7. The summed E-state index contributed by atoms with van der Waals surface area (Å²) >= 11 is 7.89. The Morgan fingerprint density at radius 3 is 2.80 bits per heavy atom. The van der Waals surface area contributed by atoms with Crippen molar-refractivity contribution < 1.29 is 14.0 Å². The predicted octanol–water partition coefficient (Wildman–Crippen LogP) is 2.77. The highest BCUT2D eigenvalue weighted by atomic mass is 35.5. The van der Waals surface area contributed by atoms with E-state index in [4.69, 9.17) is 17.3 Å². The van der Waals surface area contributed by atoms with E-state index in [1.165, 1.54) is 17.0 Å². The Labute approximate surface area is 211 Å². The van der Waals surface area contributed by atoms with Crippen molar-refractivity contribution in [2.75, 3.05) is 31.7 Å². The quantitative estimate of drug-likeness (QED) is 0.361. The maximum absolute atomic E-state index is 14.4. The number of aromatic nitrogens is 4. The molecular formula is C23H25ClFN7O2S. The van der Waals surface area contributed by atoms with Gasteiger partial charge in [-0.2, -0.15) is 16.9 Å². The molecule has 0 bridgehead atoms. The van der Waals surface area contributed by atoms with Crippen LogP contribution in [0.15, 0.2) is 25.0 Å². The lowest BCUT2D eigenvalue weighted by atomic mass is 10.1. The number of benzene rings is 1. The van der Waals surface area contributed by atoms with Gasteiger partial charge in [0.25, 0.3) is 5.91 Å². The summed E-state index contributed by atoms with van der Waals surface area (Å²) in [7, 11) is 3.27. The van der Waals surface area contributed by atoms with E-state index in [9.17, 15) is 14.0 Å². The molecule has 0 aliphatic carbocycles. The average Bonchev–Trinajstić information content (AvgIpc) is 3.58. The van der Waals surface area contributed by atoms with Crippen LogP contribution in [0.2, 0.25) is 5.02 Å². The number of likely N-dealkylation sites (tertiary alicyclic amines) is 1. The summed E-state index contributed by atoms with van der Waals surface area (Å²) in [6.07, 6.45) is 6.09. The van der Waals surface area contributed by atoms with Crippen LogP contribution in [-0.2, 0) is 11.8 Å². The van der Waals surface area contributed by atoms with E-state index >= 15 is 0 Å². The number of hydrogen-bond acceptors (Lipinski definition) is 6. The second-order valence-electron chi connectivity index (χ2n) is 7.60. The lowest BCUT2D eigenvalue weighted by Crippen LogP contribution is -2.26. The average molecular weight is 518 g/mol. The molecule has 4 N–H and O–H groups in total. The van der Waals surface area contributed by atoms with Crippen LogP contribution in [0.25, 0.3) is 11.0 Å². The van der Waals surface area contributed by atoms with Gasteiger partial charge in [-0.25, -0.2) is 9.37 Å². The van der Waals surface area contributed by atoms with Crippen LogP contribution in [0.5, 0.6) is 0 Å². The number of halogens is 2. The van der Waals surface area contributed by atoms with E-state index in [2.05, 4.69) is 45.2 Å². The molecule has 1 unspecified atom stereocenters. The number of amides is 2. The van der Waals surface area contributed by atoms with Gasteiger partial charge in [-0.05, 0) is 30.7 Å². The number of aryl methyl sites for hydroxylation is 1. The lowest BCUT2D eigenvalue weighted by Gasteiger charge is -2.12. The van der Waals surface area contributed by atoms with Crippen molar-refractivity contribution in [3.63, 3.8) is 0 Å². The number of carbonyl (C=O) groups is 2. The highest BCUT2D eigenvalue weighted by Gasteiger charge is 2.23. The molecular weight excluding hydrogens is 493 g/mol. The summed E-state index contributed by atoms with van der Waals surface area (Å²) in [5.41, 5.74) is 6.64. The third-order valence-corrected chi connectivity index (χ3v) is 6.84. The summed E-state index contributed by atoms with van der Waals surface area (Å²) in [4.78, 5) is 28.5. The first-order valence-corrected chi connectivity index (χ1v) is 12.2. The maximum atomic E-state index is 14.4. The molecule has 9 nitrogen and oxygen atoms in total. The van der Waals surface area contributed by atoms with E-state index in [0.29, 0.717) is 16.3 Å². The molecule has 0 saturated carbocycles. The zero-order valence-corrected chi connectivity index (χ0v) is 21.1. The van der Waals surface area contributed by atoms with Crippen LogP contribution in [-0.4, -0.2) is 68.1 Å². The number of carbonyl (C=O) groups excluding carboxylic acids is 2. The first kappa shape index (κ1) is 26.1. The number of thioether (sulfide) groups is 1. The second kappa shape index (κ2) is 11.3. The highest BCUT2D eigenvalue weighted by molar-refractivity contribution is 7.99. The molecule has 1 fully saturated rings. The van der Waals surface area contributed by atoms with Gasteiger partial charge in [-0.3, -0.25) is 14.7 Å².